The summed E-state index contributed by atoms with van der Waals surface area (Å²) in [4.78, 5) is 2.43. The van der Waals surface area contributed by atoms with Crippen LogP contribution >= 0.6 is 0 Å². The lowest BCUT2D eigenvalue weighted by Gasteiger charge is -2.37. The Morgan fingerprint density at radius 2 is 2.05 bits per heavy atom. The molecule has 0 aliphatic carbocycles. The molecule has 1 fully saturated rings. The number of nitrogens with two attached hydrogens (primary N) is 1. The largest absolute Gasteiger partial charge is 0.497 e. The number of nitrogens with zero attached hydrogens (tertiary/aromatic N) is 1. The molecule has 4 heteroatoms. The van der Waals surface area contributed by atoms with Gasteiger partial charge in [0.25, 0.3) is 0 Å². The van der Waals surface area contributed by atoms with Gasteiger partial charge in [-0.3, -0.25) is 4.90 Å². The van der Waals surface area contributed by atoms with Gasteiger partial charge in [-0.2, -0.15) is 0 Å². The molecule has 0 radical (unpaired) electrons. The highest BCUT2D eigenvalue weighted by Crippen LogP contribution is 2.26. The minimum Gasteiger partial charge on any atom is -0.497 e. The van der Waals surface area contributed by atoms with E-state index in [9.17, 15) is 0 Å². The van der Waals surface area contributed by atoms with E-state index in [1.165, 1.54) is 12.0 Å². The first-order valence-corrected chi connectivity index (χ1v) is 6.89. The average Bonchev–Trinajstić information content (AvgIpc) is 2.49. The van der Waals surface area contributed by atoms with E-state index in [1.807, 2.05) is 12.1 Å². The summed E-state index contributed by atoms with van der Waals surface area (Å²) >= 11 is 0. The number of ether oxygens (including phenoxy) is 2. The van der Waals surface area contributed by atoms with Crippen LogP contribution < -0.4 is 10.5 Å². The second-order valence-electron chi connectivity index (χ2n) is 5.02. The maximum atomic E-state index is 5.98. The summed E-state index contributed by atoms with van der Waals surface area (Å²) < 4.78 is 10.7. The molecule has 1 aliphatic rings. The van der Waals surface area contributed by atoms with Crippen LogP contribution in [0.3, 0.4) is 0 Å². The van der Waals surface area contributed by atoms with Crippen LogP contribution in [-0.2, 0) is 4.74 Å². The zero-order valence-corrected chi connectivity index (χ0v) is 11.8. The molecule has 0 spiro atoms. The summed E-state index contributed by atoms with van der Waals surface area (Å²) in [5.74, 6) is 0.882. The zero-order chi connectivity index (χ0) is 13.7. The molecule has 106 valence electrons. The fraction of sp³-hybridized carbons (Fsp3) is 0.600. The lowest BCUT2D eigenvalue weighted by molar-refractivity contribution is 0.0155. The number of likely N-dealkylation sites (tertiary alicyclic amines) is 1. The van der Waals surface area contributed by atoms with Gasteiger partial charge in [0.15, 0.2) is 0 Å². The molecule has 0 aromatic heterocycles. The van der Waals surface area contributed by atoms with E-state index in [2.05, 4.69) is 17.0 Å². The minimum absolute atomic E-state index is 0.267. The van der Waals surface area contributed by atoms with E-state index < -0.39 is 0 Å². The Morgan fingerprint density at radius 3 is 2.63 bits per heavy atom. The second kappa shape index (κ2) is 6.89. The van der Waals surface area contributed by atoms with E-state index >= 15 is 0 Å². The normalized spacial score (nSPS) is 22.2. The van der Waals surface area contributed by atoms with Crippen LogP contribution in [0.25, 0.3) is 0 Å². The molecule has 1 aromatic carbocycles. The standard InChI is InChI=1S/C15H24N2O2/c1-18-13-7-5-12(6-8-13)15(10-16)17-9-3-4-14(11-17)19-2/h5-8,14-15H,3-4,9-11,16H2,1-2H3. The highest BCUT2D eigenvalue weighted by atomic mass is 16.5. The van der Waals surface area contributed by atoms with Crippen molar-refractivity contribution in [3.05, 3.63) is 29.8 Å². The maximum absolute atomic E-state index is 5.98. The average molecular weight is 264 g/mol. The quantitative estimate of drug-likeness (QED) is 0.881. The van der Waals surface area contributed by atoms with Crippen molar-refractivity contribution < 1.29 is 9.47 Å². The van der Waals surface area contributed by atoms with Gasteiger partial charge in [0, 0.05) is 26.2 Å². The van der Waals surface area contributed by atoms with Gasteiger partial charge in [-0.25, -0.2) is 0 Å². The van der Waals surface area contributed by atoms with Crippen LogP contribution in [0, 0.1) is 0 Å². The first kappa shape index (κ1) is 14.3. The van der Waals surface area contributed by atoms with Gasteiger partial charge in [-0.1, -0.05) is 12.1 Å². The molecular weight excluding hydrogens is 240 g/mol. The molecule has 2 rings (SSSR count). The molecule has 1 heterocycles. The lowest BCUT2D eigenvalue weighted by atomic mass is 10.0. The van der Waals surface area contributed by atoms with Crippen LogP contribution in [0.2, 0.25) is 0 Å². The second-order valence-corrected chi connectivity index (χ2v) is 5.02. The van der Waals surface area contributed by atoms with E-state index in [0.29, 0.717) is 12.6 Å². The first-order chi connectivity index (χ1) is 9.28. The Hall–Kier alpha value is -1.10. The predicted molar refractivity (Wildman–Crippen MR) is 76.4 cm³/mol. The van der Waals surface area contributed by atoms with Gasteiger partial charge < -0.3 is 15.2 Å². The maximum Gasteiger partial charge on any atom is 0.118 e. The Kier molecular flexibility index (Phi) is 5.19. The molecule has 2 unspecified atom stereocenters. The summed E-state index contributed by atoms with van der Waals surface area (Å²) in [6.45, 7) is 2.68. The molecule has 1 saturated heterocycles. The van der Waals surface area contributed by atoms with Crippen molar-refractivity contribution in [3.8, 4) is 5.75 Å². The molecule has 0 bridgehead atoms. The molecule has 19 heavy (non-hydrogen) atoms. The van der Waals surface area contributed by atoms with E-state index in [0.717, 1.165) is 25.3 Å². The Balaban J connectivity index is 2.09. The van der Waals surface area contributed by atoms with Gasteiger partial charge >= 0.3 is 0 Å². The van der Waals surface area contributed by atoms with Crippen LogP contribution in [0.5, 0.6) is 5.75 Å². The highest BCUT2D eigenvalue weighted by molar-refractivity contribution is 5.29. The van der Waals surface area contributed by atoms with Gasteiger partial charge in [0.2, 0.25) is 0 Å². The van der Waals surface area contributed by atoms with Crippen molar-refractivity contribution in [1.29, 1.82) is 0 Å². The SMILES string of the molecule is COc1ccc(C(CN)N2CCCC(OC)C2)cc1. The third-order valence-corrected chi connectivity index (χ3v) is 3.91. The number of hydrogen-bond donors (Lipinski definition) is 1. The Labute approximate surface area is 115 Å². The van der Waals surface area contributed by atoms with Gasteiger partial charge in [0.05, 0.1) is 13.2 Å². The molecule has 2 atom stereocenters. The number of methoxy groups -OCH3 is 2. The van der Waals surface area contributed by atoms with Crippen LogP contribution in [0.4, 0.5) is 0 Å². The summed E-state index contributed by atoms with van der Waals surface area (Å²) in [7, 11) is 3.47. The third kappa shape index (κ3) is 3.47. The zero-order valence-electron chi connectivity index (χ0n) is 11.8. The summed E-state index contributed by atoms with van der Waals surface area (Å²) in [5, 5.41) is 0. The molecule has 1 aliphatic heterocycles. The summed E-state index contributed by atoms with van der Waals surface area (Å²) in [5.41, 5.74) is 7.23. The van der Waals surface area contributed by atoms with Crippen LogP contribution in [0.15, 0.2) is 24.3 Å². The third-order valence-electron chi connectivity index (χ3n) is 3.91. The lowest BCUT2D eigenvalue weighted by Crippen LogP contribution is -2.43. The monoisotopic (exact) mass is 264 g/mol. The molecule has 0 saturated carbocycles. The minimum atomic E-state index is 0.267. The molecule has 0 amide bonds. The van der Waals surface area contributed by atoms with E-state index in [-0.39, 0.29) is 6.04 Å². The van der Waals surface area contributed by atoms with Gasteiger partial charge in [-0.05, 0) is 37.1 Å². The van der Waals surface area contributed by atoms with Crippen LogP contribution in [-0.4, -0.2) is 44.9 Å². The summed E-state index contributed by atoms with van der Waals surface area (Å²) in [6.07, 6.45) is 2.65. The molecule has 4 nitrogen and oxygen atoms in total. The highest BCUT2D eigenvalue weighted by Gasteiger charge is 2.25. The molecule has 1 aromatic rings. The van der Waals surface area contributed by atoms with Crippen LogP contribution in [0.1, 0.15) is 24.4 Å². The predicted octanol–water partition coefficient (Wildman–Crippen LogP) is 1.81. The topological polar surface area (TPSA) is 47.7 Å². The molecular formula is C15H24N2O2. The number of hydrogen-bond acceptors (Lipinski definition) is 4. The summed E-state index contributed by atoms with van der Waals surface area (Å²) in [6, 6.07) is 8.47. The van der Waals surface area contributed by atoms with Gasteiger partial charge in [0.1, 0.15) is 5.75 Å². The van der Waals surface area contributed by atoms with Crippen molar-refractivity contribution in [2.45, 2.75) is 25.0 Å². The molecule has 2 N–H and O–H groups in total. The Morgan fingerprint density at radius 1 is 1.32 bits per heavy atom. The van der Waals surface area contributed by atoms with Crippen molar-refractivity contribution in [3.63, 3.8) is 0 Å². The van der Waals surface area contributed by atoms with Crippen molar-refractivity contribution >= 4 is 0 Å². The van der Waals surface area contributed by atoms with Crippen molar-refractivity contribution in [2.24, 2.45) is 5.73 Å². The Bertz CT molecular complexity index is 380. The fourth-order valence-electron chi connectivity index (χ4n) is 2.76. The van der Waals surface area contributed by atoms with Crippen molar-refractivity contribution in [1.82, 2.24) is 4.90 Å². The number of benzene rings is 1. The van der Waals surface area contributed by atoms with E-state index in [4.69, 9.17) is 15.2 Å². The first-order valence-electron chi connectivity index (χ1n) is 6.89. The number of rotatable bonds is 5. The smallest absolute Gasteiger partial charge is 0.118 e. The van der Waals surface area contributed by atoms with E-state index in [1.54, 1.807) is 14.2 Å². The number of piperidine rings is 1. The van der Waals surface area contributed by atoms with Crippen molar-refractivity contribution in [2.75, 3.05) is 33.9 Å². The fourth-order valence-corrected chi connectivity index (χ4v) is 2.76. The van der Waals surface area contributed by atoms with Gasteiger partial charge in [-0.15, -0.1) is 0 Å².